The summed E-state index contributed by atoms with van der Waals surface area (Å²) in [5.74, 6) is -0.671. The third-order valence-electron chi connectivity index (χ3n) is 0.925. The van der Waals surface area contributed by atoms with Gasteiger partial charge in [-0.2, -0.15) is 0 Å². The molecule has 0 fully saturated rings. The first-order valence-electron chi connectivity index (χ1n) is 2.58. The fourth-order valence-electron chi connectivity index (χ4n) is 0.381. The fraction of sp³-hybridized carbons (Fsp3) is 0.800. The molecule has 0 aliphatic carbocycles. The van der Waals surface area contributed by atoms with Crippen molar-refractivity contribution in [3.63, 3.8) is 0 Å². The van der Waals surface area contributed by atoms with Crippen molar-refractivity contribution in [3.8, 4) is 0 Å². The predicted octanol–water partition coefficient (Wildman–Crippen LogP) is 0.478. The Bertz CT molecular complexity index is 87.0. The average molecular weight is 154 g/mol. The summed E-state index contributed by atoms with van der Waals surface area (Å²) < 4.78 is 0. The number of halogens is 1. The van der Waals surface area contributed by atoms with E-state index < -0.39 is 5.97 Å². The van der Waals surface area contributed by atoms with Gasteiger partial charge in [-0.25, -0.2) is 0 Å². The van der Waals surface area contributed by atoms with Gasteiger partial charge in [0, 0.05) is 6.42 Å². The highest BCUT2D eigenvalue weighted by Crippen LogP contribution is 1.96. The molecule has 9 heavy (non-hydrogen) atoms. The summed E-state index contributed by atoms with van der Waals surface area (Å²) in [5.41, 5.74) is 5.16. The number of hydrogen-bond donors (Lipinski definition) is 2. The molecular weight excluding hydrogens is 142 g/mol. The first-order valence-corrected chi connectivity index (χ1v) is 2.58. The third kappa shape index (κ3) is 7.72. The van der Waals surface area contributed by atoms with E-state index in [1.807, 2.05) is 6.92 Å². The van der Waals surface area contributed by atoms with Crippen molar-refractivity contribution in [3.05, 3.63) is 0 Å². The van der Waals surface area contributed by atoms with Crippen molar-refractivity contribution < 1.29 is 9.90 Å². The van der Waals surface area contributed by atoms with E-state index in [1.54, 1.807) is 0 Å². The molecule has 4 heteroatoms. The summed E-state index contributed by atoms with van der Waals surface area (Å²) in [7, 11) is 0. The lowest BCUT2D eigenvalue weighted by Crippen LogP contribution is -2.14. The van der Waals surface area contributed by atoms with Crippen LogP contribution in [-0.4, -0.2) is 17.6 Å². The molecule has 0 saturated heterocycles. The van der Waals surface area contributed by atoms with Gasteiger partial charge in [0.25, 0.3) is 0 Å². The second-order valence-corrected chi connectivity index (χ2v) is 1.94. The lowest BCUT2D eigenvalue weighted by molar-refractivity contribution is -0.137. The van der Waals surface area contributed by atoms with Crippen LogP contribution in [0.1, 0.15) is 13.3 Å². The predicted molar refractivity (Wildman–Crippen MR) is 37.7 cm³/mol. The van der Waals surface area contributed by atoms with Crippen LogP contribution in [0, 0.1) is 5.92 Å². The van der Waals surface area contributed by atoms with Gasteiger partial charge in [-0.3, -0.25) is 4.79 Å². The van der Waals surface area contributed by atoms with Gasteiger partial charge in [0.15, 0.2) is 0 Å². The van der Waals surface area contributed by atoms with Crippen molar-refractivity contribution in [1.29, 1.82) is 0 Å². The van der Waals surface area contributed by atoms with Crippen molar-refractivity contribution in [2.75, 3.05) is 6.54 Å². The van der Waals surface area contributed by atoms with E-state index in [1.165, 1.54) is 0 Å². The van der Waals surface area contributed by atoms with Gasteiger partial charge >= 0.3 is 5.97 Å². The maximum atomic E-state index is 9.91. The van der Waals surface area contributed by atoms with Crippen LogP contribution < -0.4 is 5.73 Å². The minimum absolute atomic E-state index is 0. The van der Waals surface area contributed by atoms with Crippen LogP contribution >= 0.6 is 12.4 Å². The minimum atomic E-state index is -0.775. The highest BCUT2D eigenvalue weighted by molar-refractivity contribution is 5.85. The molecule has 56 valence electrons. The van der Waals surface area contributed by atoms with Crippen LogP contribution in [0.3, 0.4) is 0 Å². The van der Waals surface area contributed by atoms with E-state index >= 15 is 0 Å². The number of carboxylic acid groups (broad SMARTS) is 1. The first kappa shape index (κ1) is 11.5. The molecule has 0 amide bonds. The van der Waals surface area contributed by atoms with E-state index in [-0.39, 0.29) is 24.7 Å². The zero-order chi connectivity index (χ0) is 6.57. The highest BCUT2D eigenvalue weighted by atomic mass is 35.5. The summed E-state index contributed by atoms with van der Waals surface area (Å²) in [6.07, 6.45) is 0.177. The molecule has 0 heterocycles. The van der Waals surface area contributed by atoms with E-state index in [4.69, 9.17) is 10.8 Å². The van der Waals surface area contributed by atoms with E-state index in [2.05, 4.69) is 0 Å². The molecule has 0 aromatic rings. The smallest absolute Gasteiger partial charge is 0.303 e. The summed E-state index contributed by atoms with van der Waals surface area (Å²) in [6.45, 7) is 2.26. The molecule has 0 radical (unpaired) electrons. The second kappa shape index (κ2) is 5.85. The Hall–Kier alpha value is -0.280. The molecule has 3 nitrogen and oxygen atoms in total. The largest absolute Gasteiger partial charge is 0.481 e. The molecule has 0 bridgehead atoms. The van der Waals surface area contributed by atoms with Gasteiger partial charge in [-0.15, -0.1) is 12.4 Å². The second-order valence-electron chi connectivity index (χ2n) is 1.94. The van der Waals surface area contributed by atoms with Crippen LogP contribution in [0.4, 0.5) is 0 Å². The van der Waals surface area contributed by atoms with E-state index in [0.29, 0.717) is 6.54 Å². The lowest BCUT2D eigenvalue weighted by Gasteiger charge is -2.00. The van der Waals surface area contributed by atoms with Gasteiger partial charge in [0.2, 0.25) is 0 Å². The molecule has 0 unspecified atom stereocenters. The quantitative estimate of drug-likeness (QED) is 0.620. The van der Waals surface area contributed by atoms with Gasteiger partial charge in [0.1, 0.15) is 0 Å². The Labute approximate surface area is 60.6 Å². The van der Waals surface area contributed by atoms with E-state index in [9.17, 15) is 4.79 Å². The number of carboxylic acids is 1. The molecule has 0 spiro atoms. The molecule has 0 rings (SSSR count). The number of aliphatic carboxylic acids is 1. The van der Waals surface area contributed by atoms with Crippen molar-refractivity contribution in [1.82, 2.24) is 0 Å². The Balaban J connectivity index is 0. The Morgan fingerprint density at radius 2 is 2.22 bits per heavy atom. The molecule has 0 aromatic heterocycles. The summed E-state index contributed by atoms with van der Waals surface area (Å²) in [6, 6.07) is 0. The molecule has 0 aliphatic rings. The number of rotatable bonds is 3. The Kier molecular flexibility index (Phi) is 7.48. The van der Waals surface area contributed by atoms with Crippen molar-refractivity contribution >= 4 is 18.4 Å². The monoisotopic (exact) mass is 153 g/mol. The fourth-order valence-corrected chi connectivity index (χ4v) is 0.381. The molecule has 0 saturated carbocycles. The normalized spacial score (nSPS) is 11.8. The van der Waals surface area contributed by atoms with Gasteiger partial charge in [-0.1, -0.05) is 6.92 Å². The Morgan fingerprint density at radius 1 is 1.78 bits per heavy atom. The zero-order valence-electron chi connectivity index (χ0n) is 5.33. The zero-order valence-corrected chi connectivity index (χ0v) is 6.15. The highest BCUT2D eigenvalue weighted by Gasteiger charge is 2.03. The summed E-state index contributed by atoms with van der Waals surface area (Å²) in [4.78, 5) is 9.91. The topological polar surface area (TPSA) is 63.3 Å². The van der Waals surface area contributed by atoms with E-state index in [0.717, 1.165) is 0 Å². The average Bonchev–Trinajstić information content (AvgIpc) is 1.65. The molecular formula is C5H12ClNO2. The minimum Gasteiger partial charge on any atom is -0.481 e. The maximum absolute atomic E-state index is 9.91. The van der Waals surface area contributed by atoms with Crippen LogP contribution in [0.5, 0.6) is 0 Å². The molecule has 0 aromatic carbocycles. The standard InChI is InChI=1S/C5H11NO2.ClH/c1-4(3-6)2-5(7)8;/h4H,2-3,6H2,1H3,(H,7,8);1H/t4-;/m0./s1. The molecule has 1 atom stereocenters. The van der Waals surface area contributed by atoms with Crippen LogP contribution in [-0.2, 0) is 4.79 Å². The van der Waals surface area contributed by atoms with Crippen molar-refractivity contribution in [2.45, 2.75) is 13.3 Å². The third-order valence-corrected chi connectivity index (χ3v) is 0.925. The summed E-state index contributed by atoms with van der Waals surface area (Å²) in [5, 5.41) is 8.16. The molecule has 3 N–H and O–H groups in total. The molecule has 0 aliphatic heterocycles. The maximum Gasteiger partial charge on any atom is 0.303 e. The van der Waals surface area contributed by atoms with Gasteiger partial charge in [-0.05, 0) is 12.5 Å². The number of hydrogen-bond acceptors (Lipinski definition) is 2. The van der Waals surface area contributed by atoms with Gasteiger partial charge in [0.05, 0.1) is 0 Å². The van der Waals surface area contributed by atoms with Crippen LogP contribution in [0.15, 0.2) is 0 Å². The first-order chi connectivity index (χ1) is 3.66. The lowest BCUT2D eigenvalue weighted by atomic mass is 10.1. The Morgan fingerprint density at radius 3 is 2.33 bits per heavy atom. The summed E-state index contributed by atoms with van der Waals surface area (Å²) >= 11 is 0. The number of nitrogens with two attached hydrogens (primary N) is 1. The van der Waals surface area contributed by atoms with Crippen LogP contribution in [0.25, 0.3) is 0 Å². The van der Waals surface area contributed by atoms with Crippen LogP contribution in [0.2, 0.25) is 0 Å². The van der Waals surface area contributed by atoms with Gasteiger partial charge < -0.3 is 10.8 Å². The number of carbonyl (C=O) groups is 1. The SMILES string of the molecule is C[C@H](CN)CC(=O)O.Cl. The van der Waals surface area contributed by atoms with Crippen molar-refractivity contribution in [2.24, 2.45) is 11.7 Å².